The zero-order valence-electron chi connectivity index (χ0n) is 9.25. The van der Waals surface area contributed by atoms with Crippen LogP contribution in [0.15, 0.2) is 4.47 Å². The van der Waals surface area contributed by atoms with Gasteiger partial charge in [0, 0.05) is 13.5 Å². The Labute approximate surface area is 98.4 Å². The van der Waals surface area contributed by atoms with Gasteiger partial charge in [0.2, 0.25) is 0 Å². The molecule has 0 fully saturated rings. The average Bonchev–Trinajstić information content (AvgIpc) is 2.12. The van der Waals surface area contributed by atoms with Crippen molar-refractivity contribution in [3.05, 3.63) is 16.0 Å². The summed E-state index contributed by atoms with van der Waals surface area (Å²) in [6.45, 7) is 4.69. The fraction of sp³-hybridized carbons (Fsp3) is 0.600. The van der Waals surface area contributed by atoms with E-state index in [0.717, 1.165) is 22.4 Å². The molecule has 0 bridgehead atoms. The molecule has 0 saturated carbocycles. The fourth-order valence-corrected chi connectivity index (χ4v) is 1.55. The molecule has 1 aromatic rings. The molecule has 0 radical (unpaired) electrons. The van der Waals surface area contributed by atoms with Crippen LogP contribution in [0.25, 0.3) is 0 Å². The molecular formula is C10H16BrN3O. The minimum absolute atomic E-state index is 0.443. The van der Waals surface area contributed by atoms with Crippen LogP contribution in [-0.4, -0.2) is 17.1 Å². The summed E-state index contributed by atoms with van der Waals surface area (Å²) in [6.07, 6.45) is 0.828. The Morgan fingerprint density at radius 1 is 1.40 bits per heavy atom. The molecule has 0 aromatic carbocycles. The van der Waals surface area contributed by atoms with Gasteiger partial charge in [0.05, 0.1) is 16.8 Å². The Balaban J connectivity index is 3.00. The van der Waals surface area contributed by atoms with E-state index in [1.807, 2.05) is 0 Å². The lowest BCUT2D eigenvalue weighted by Gasteiger charge is -2.09. The van der Waals surface area contributed by atoms with E-state index in [0.29, 0.717) is 18.3 Å². The third-order valence-electron chi connectivity index (χ3n) is 1.86. The molecule has 15 heavy (non-hydrogen) atoms. The van der Waals surface area contributed by atoms with Gasteiger partial charge in [-0.05, 0) is 21.8 Å². The van der Waals surface area contributed by atoms with Crippen molar-refractivity contribution in [2.75, 3.05) is 12.8 Å². The van der Waals surface area contributed by atoms with Gasteiger partial charge in [-0.25, -0.2) is 9.97 Å². The first kappa shape index (κ1) is 12.4. The molecule has 0 amide bonds. The van der Waals surface area contributed by atoms with Crippen molar-refractivity contribution in [3.63, 3.8) is 0 Å². The van der Waals surface area contributed by atoms with Gasteiger partial charge < -0.3 is 10.5 Å². The van der Waals surface area contributed by atoms with Crippen LogP contribution in [-0.2, 0) is 17.8 Å². The van der Waals surface area contributed by atoms with Crippen LogP contribution in [0, 0.1) is 5.92 Å². The zero-order valence-corrected chi connectivity index (χ0v) is 10.8. The Bertz CT molecular complexity index is 342. The maximum absolute atomic E-state index is 5.77. The molecule has 0 saturated heterocycles. The minimum atomic E-state index is 0.443. The van der Waals surface area contributed by atoms with Crippen molar-refractivity contribution in [2.24, 2.45) is 5.92 Å². The van der Waals surface area contributed by atoms with Crippen molar-refractivity contribution >= 4 is 21.7 Å². The summed E-state index contributed by atoms with van der Waals surface area (Å²) in [5.41, 5.74) is 6.58. The topological polar surface area (TPSA) is 61.0 Å². The van der Waals surface area contributed by atoms with Crippen molar-refractivity contribution in [3.8, 4) is 0 Å². The molecule has 0 aliphatic heterocycles. The van der Waals surface area contributed by atoms with E-state index in [9.17, 15) is 0 Å². The molecule has 4 nitrogen and oxygen atoms in total. The monoisotopic (exact) mass is 273 g/mol. The van der Waals surface area contributed by atoms with Crippen molar-refractivity contribution in [1.82, 2.24) is 9.97 Å². The zero-order chi connectivity index (χ0) is 11.4. The molecule has 84 valence electrons. The van der Waals surface area contributed by atoms with Gasteiger partial charge in [-0.1, -0.05) is 13.8 Å². The molecule has 0 atom stereocenters. The molecular weight excluding hydrogens is 258 g/mol. The Morgan fingerprint density at radius 2 is 2.07 bits per heavy atom. The van der Waals surface area contributed by atoms with Crippen LogP contribution < -0.4 is 5.73 Å². The maximum Gasteiger partial charge on any atom is 0.141 e. The summed E-state index contributed by atoms with van der Waals surface area (Å²) in [5.74, 6) is 1.77. The summed E-state index contributed by atoms with van der Waals surface area (Å²) in [5, 5.41) is 0. The molecule has 0 aliphatic carbocycles. The lowest BCUT2D eigenvalue weighted by atomic mass is 10.1. The molecule has 0 unspecified atom stereocenters. The van der Waals surface area contributed by atoms with Crippen LogP contribution in [0.3, 0.4) is 0 Å². The van der Waals surface area contributed by atoms with E-state index >= 15 is 0 Å². The third kappa shape index (κ3) is 3.43. The quantitative estimate of drug-likeness (QED) is 0.914. The largest absolute Gasteiger partial charge is 0.383 e. The first-order valence-corrected chi connectivity index (χ1v) is 5.63. The number of nitrogen functional groups attached to an aromatic ring is 1. The molecule has 2 N–H and O–H groups in total. The third-order valence-corrected chi connectivity index (χ3v) is 2.73. The summed E-state index contributed by atoms with van der Waals surface area (Å²) in [7, 11) is 1.63. The number of aromatic nitrogens is 2. The van der Waals surface area contributed by atoms with E-state index < -0.39 is 0 Å². The number of rotatable bonds is 4. The summed E-state index contributed by atoms with van der Waals surface area (Å²) >= 11 is 3.35. The average molecular weight is 274 g/mol. The van der Waals surface area contributed by atoms with Gasteiger partial charge >= 0.3 is 0 Å². The number of ether oxygens (including phenoxy) is 1. The highest BCUT2D eigenvalue weighted by molar-refractivity contribution is 9.10. The summed E-state index contributed by atoms with van der Waals surface area (Å²) in [6, 6.07) is 0. The van der Waals surface area contributed by atoms with Gasteiger partial charge in [0.15, 0.2) is 0 Å². The second-order valence-corrected chi connectivity index (χ2v) is 4.61. The Hall–Kier alpha value is -0.680. The highest BCUT2D eigenvalue weighted by Gasteiger charge is 2.10. The number of anilines is 1. The predicted molar refractivity (Wildman–Crippen MR) is 63.4 cm³/mol. The van der Waals surface area contributed by atoms with E-state index in [4.69, 9.17) is 10.5 Å². The molecule has 0 spiro atoms. The van der Waals surface area contributed by atoms with Gasteiger partial charge in [-0.15, -0.1) is 0 Å². The Kier molecular flexibility index (Phi) is 4.47. The first-order valence-electron chi connectivity index (χ1n) is 4.84. The molecule has 0 aliphatic rings. The van der Waals surface area contributed by atoms with Gasteiger partial charge in [0.25, 0.3) is 0 Å². The minimum Gasteiger partial charge on any atom is -0.383 e. The number of nitrogens with two attached hydrogens (primary N) is 1. The van der Waals surface area contributed by atoms with Gasteiger partial charge in [0.1, 0.15) is 11.6 Å². The molecule has 5 heteroatoms. The van der Waals surface area contributed by atoms with Gasteiger partial charge in [-0.3, -0.25) is 0 Å². The molecule has 1 aromatic heterocycles. The summed E-state index contributed by atoms with van der Waals surface area (Å²) in [4.78, 5) is 8.62. The lowest BCUT2D eigenvalue weighted by Crippen LogP contribution is -2.08. The summed E-state index contributed by atoms with van der Waals surface area (Å²) < 4.78 is 5.78. The van der Waals surface area contributed by atoms with Crippen molar-refractivity contribution in [1.29, 1.82) is 0 Å². The maximum atomic E-state index is 5.77. The number of halogens is 1. The lowest BCUT2D eigenvalue weighted by molar-refractivity contribution is 0.180. The second kappa shape index (κ2) is 5.42. The van der Waals surface area contributed by atoms with Gasteiger partial charge in [-0.2, -0.15) is 0 Å². The molecule has 1 heterocycles. The number of nitrogens with zero attached hydrogens (tertiary/aromatic N) is 2. The highest BCUT2D eigenvalue weighted by atomic mass is 79.9. The van der Waals surface area contributed by atoms with Crippen LogP contribution in [0.2, 0.25) is 0 Å². The highest BCUT2D eigenvalue weighted by Crippen LogP contribution is 2.22. The van der Waals surface area contributed by atoms with E-state index in [1.54, 1.807) is 7.11 Å². The number of hydrogen-bond acceptors (Lipinski definition) is 4. The number of hydrogen-bond donors (Lipinski definition) is 1. The van der Waals surface area contributed by atoms with E-state index in [-0.39, 0.29) is 0 Å². The van der Waals surface area contributed by atoms with Crippen molar-refractivity contribution in [2.45, 2.75) is 26.9 Å². The Morgan fingerprint density at radius 3 is 2.60 bits per heavy atom. The SMILES string of the molecule is COCc1nc(CC(C)C)nc(N)c1Br. The fourth-order valence-electron chi connectivity index (χ4n) is 1.25. The van der Waals surface area contributed by atoms with Crippen molar-refractivity contribution < 1.29 is 4.74 Å². The van der Waals surface area contributed by atoms with E-state index in [2.05, 4.69) is 39.7 Å². The second-order valence-electron chi connectivity index (χ2n) is 3.82. The van der Waals surface area contributed by atoms with Crippen LogP contribution in [0.1, 0.15) is 25.4 Å². The first-order chi connectivity index (χ1) is 7.04. The smallest absolute Gasteiger partial charge is 0.141 e. The van der Waals surface area contributed by atoms with Crippen LogP contribution in [0.5, 0.6) is 0 Å². The standard InChI is InChI=1S/C10H16BrN3O/c1-6(2)4-8-13-7(5-15-3)9(11)10(12)14-8/h6H,4-5H2,1-3H3,(H2,12,13,14). The predicted octanol–water partition coefficient (Wildman–Crippen LogP) is 2.17. The number of methoxy groups -OCH3 is 1. The molecule has 1 rings (SSSR count). The van der Waals surface area contributed by atoms with E-state index in [1.165, 1.54) is 0 Å². The van der Waals surface area contributed by atoms with Crippen LogP contribution >= 0.6 is 15.9 Å². The van der Waals surface area contributed by atoms with Crippen LogP contribution in [0.4, 0.5) is 5.82 Å². The normalized spacial score (nSPS) is 11.0.